The summed E-state index contributed by atoms with van der Waals surface area (Å²) in [6.07, 6.45) is 0. The first kappa shape index (κ1) is 21.2. The molecule has 0 bridgehead atoms. The third-order valence-electron chi connectivity index (χ3n) is 3.80. The first-order valence-corrected chi connectivity index (χ1v) is 9.05. The molecule has 0 aliphatic rings. The predicted molar refractivity (Wildman–Crippen MR) is 107 cm³/mol. The molecule has 0 saturated heterocycles. The van der Waals surface area contributed by atoms with Crippen molar-refractivity contribution in [3.05, 3.63) is 58.3 Å². The number of para-hydroxylation sites is 1. The number of hydrogen-bond acceptors (Lipinski definition) is 3. The van der Waals surface area contributed by atoms with E-state index in [1.807, 2.05) is 6.92 Å². The highest BCUT2D eigenvalue weighted by atomic mass is 35.5. The molecule has 0 unspecified atom stereocenters. The van der Waals surface area contributed by atoms with Gasteiger partial charge in [0.1, 0.15) is 5.82 Å². The first-order valence-electron chi connectivity index (χ1n) is 8.30. The molecule has 2 rings (SSSR count). The van der Waals surface area contributed by atoms with Crippen molar-refractivity contribution in [3.63, 3.8) is 0 Å². The lowest BCUT2D eigenvalue weighted by Crippen LogP contribution is -2.41. The Morgan fingerprint density at radius 3 is 2.19 bits per heavy atom. The molecule has 8 heteroatoms. The van der Waals surface area contributed by atoms with Crippen LogP contribution >= 0.6 is 23.2 Å². The first-order chi connectivity index (χ1) is 12.8. The van der Waals surface area contributed by atoms with E-state index in [4.69, 9.17) is 23.2 Å². The number of anilines is 2. The van der Waals surface area contributed by atoms with E-state index in [1.54, 1.807) is 42.3 Å². The lowest BCUT2D eigenvalue weighted by molar-refractivity contribution is -0.121. The molecule has 0 aromatic heterocycles. The van der Waals surface area contributed by atoms with Crippen molar-refractivity contribution in [2.75, 3.05) is 36.9 Å². The van der Waals surface area contributed by atoms with Gasteiger partial charge in [-0.15, -0.1) is 0 Å². The standard InChI is InChI=1S/C19H20Cl2FN3O2/c1-3-25(14-9-7-13(22)8-10-14)18(27)12-24(2)11-17(26)23-19-15(20)5-4-6-16(19)21/h4-10H,3,11-12H2,1-2H3,(H,23,26). The average Bonchev–Trinajstić information content (AvgIpc) is 2.60. The number of halogens is 3. The number of carbonyl (C=O) groups is 2. The van der Waals surface area contributed by atoms with Crippen LogP contribution in [-0.2, 0) is 9.59 Å². The fraction of sp³-hybridized carbons (Fsp3) is 0.263. The summed E-state index contributed by atoms with van der Waals surface area (Å²) in [4.78, 5) is 27.9. The van der Waals surface area contributed by atoms with Gasteiger partial charge in [-0.1, -0.05) is 29.3 Å². The van der Waals surface area contributed by atoms with Crippen molar-refractivity contribution in [2.45, 2.75) is 6.92 Å². The Morgan fingerprint density at radius 2 is 1.63 bits per heavy atom. The highest BCUT2D eigenvalue weighted by Crippen LogP contribution is 2.29. The number of rotatable bonds is 7. The van der Waals surface area contributed by atoms with Gasteiger partial charge in [-0.3, -0.25) is 14.5 Å². The van der Waals surface area contributed by atoms with E-state index >= 15 is 0 Å². The van der Waals surface area contributed by atoms with Gasteiger partial charge in [-0.25, -0.2) is 4.39 Å². The third kappa shape index (κ3) is 5.92. The van der Waals surface area contributed by atoms with E-state index in [2.05, 4.69) is 5.32 Å². The van der Waals surface area contributed by atoms with Crippen molar-refractivity contribution in [3.8, 4) is 0 Å². The topological polar surface area (TPSA) is 52.7 Å². The number of amides is 2. The van der Waals surface area contributed by atoms with E-state index in [9.17, 15) is 14.0 Å². The van der Waals surface area contributed by atoms with Crippen LogP contribution in [0, 0.1) is 5.82 Å². The van der Waals surface area contributed by atoms with Crippen LogP contribution in [-0.4, -0.2) is 43.4 Å². The summed E-state index contributed by atoms with van der Waals surface area (Å²) in [6, 6.07) is 10.6. The minimum absolute atomic E-state index is 0.0196. The number of carbonyl (C=O) groups excluding carboxylic acids is 2. The van der Waals surface area contributed by atoms with Gasteiger partial charge in [0.05, 0.1) is 28.8 Å². The van der Waals surface area contributed by atoms with Gasteiger partial charge >= 0.3 is 0 Å². The van der Waals surface area contributed by atoms with Crippen LogP contribution in [0.25, 0.3) is 0 Å². The van der Waals surface area contributed by atoms with Gasteiger partial charge in [-0.2, -0.15) is 0 Å². The Hall–Kier alpha value is -2.15. The van der Waals surface area contributed by atoms with Crippen LogP contribution in [0.4, 0.5) is 15.8 Å². The average molecular weight is 412 g/mol. The second-order valence-electron chi connectivity index (χ2n) is 5.93. The number of likely N-dealkylation sites (N-methyl/N-ethyl adjacent to an activating group) is 2. The Labute approximate surface area is 167 Å². The third-order valence-corrected chi connectivity index (χ3v) is 4.43. The van der Waals surface area contributed by atoms with Crippen molar-refractivity contribution in [2.24, 2.45) is 0 Å². The minimum Gasteiger partial charge on any atom is -0.322 e. The zero-order valence-electron chi connectivity index (χ0n) is 15.0. The lowest BCUT2D eigenvalue weighted by atomic mass is 10.2. The molecule has 0 radical (unpaired) electrons. The van der Waals surface area contributed by atoms with Crippen molar-refractivity contribution < 1.29 is 14.0 Å². The fourth-order valence-electron chi connectivity index (χ4n) is 2.54. The Morgan fingerprint density at radius 1 is 1.04 bits per heavy atom. The molecule has 0 saturated carbocycles. The summed E-state index contributed by atoms with van der Waals surface area (Å²) in [6.45, 7) is 2.26. The Bertz CT molecular complexity index is 795. The molecule has 27 heavy (non-hydrogen) atoms. The van der Waals surface area contributed by atoms with Crippen LogP contribution < -0.4 is 10.2 Å². The second-order valence-corrected chi connectivity index (χ2v) is 6.75. The van der Waals surface area contributed by atoms with E-state index in [0.717, 1.165) is 0 Å². The smallest absolute Gasteiger partial charge is 0.241 e. The maximum absolute atomic E-state index is 13.1. The van der Waals surface area contributed by atoms with E-state index in [-0.39, 0.29) is 30.7 Å². The molecule has 1 N–H and O–H groups in total. The maximum Gasteiger partial charge on any atom is 0.241 e. The molecule has 5 nitrogen and oxygen atoms in total. The van der Waals surface area contributed by atoms with Gasteiger partial charge in [0.2, 0.25) is 11.8 Å². The van der Waals surface area contributed by atoms with Crippen molar-refractivity contribution in [1.82, 2.24) is 4.90 Å². The monoisotopic (exact) mass is 411 g/mol. The van der Waals surface area contributed by atoms with Crippen LogP contribution in [0.5, 0.6) is 0 Å². The summed E-state index contributed by atoms with van der Waals surface area (Å²) in [7, 11) is 1.66. The molecular formula is C19H20Cl2FN3O2. The summed E-state index contributed by atoms with van der Waals surface area (Å²) in [5, 5.41) is 3.33. The van der Waals surface area contributed by atoms with Gasteiger partial charge in [-0.05, 0) is 50.4 Å². The SMILES string of the molecule is CCN(C(=O)CN(C)CC(=O)Nc1c(Cl)cccc1Cl)c1ccc(F)cc1. The molecule has 0 spiro atoms. The number of nitrogens with zero attached hydrogens (tertiary/aromatic N) is 2. The quantitative estimate of drug-likeness (QED) is 0.747. The Kier molecular flexibility index (Phi) is 7.59. The number of nitrogens with one attached hydrogen (secondary N) is 1. The largest absolute Gasteiger partial charge is 0.322 e. The van der Waals surface area contributed by atoms with Crippen LogP contribution in [0.2, 0.25) is 10.0 Å². The minimum atomic E-state index is -0.366. The molecule has 0 atom stereocenters. The van der Waals surface area contributed by atoms with E-state index < -0.39 is 0 Å². The summed E-state index contributed by atoms with van der Waals surface area (Å²) >= 11 is 12.1. The zero-order valence-corrected chi connectivity index (χ0v) is 16.5. The van der Waals surface area contributed by atoms with Crippen molar-refractivity contribution >= 4 is 46.4 Å². The van der Waals surface area contributed by atoms with Crippen molar-refractivity contribution in [1.29, 1.82) is 0 Å². The molecular weight excluding hydrogens is 392 g/mol. The molecule has 2 aromatic rings. The lowest BCUT2D eigenvalue weighted by Gasteiger charge is -2.24. The molecule has 0 aliphatic heterocycles. The van der Waals surface area contributed by atoms with E-state index in [1.165, 1.54) is 17.0 Å². The second kappa shape index (κ2) is 9.69. The number of hydrogen-bond donors (Lipinski definition) is 1. The molecule has 0 fully saturated rings. The van der Waals surface area contributed by atoms with Gasteiger partial charge in [0, 0.05) is 12.2 Å². The Balaban J connectivity index is 1.95. The highest BCUT2D eigenvalue weighted by molar-refractivity contribution is 6.39. The fourth-order valence-corrected chi connectivity index (χ4v) is 3.03. The normalized spacial score (nSPS) is 10.7. The molecule has 0 aliphatic carbocycles. The summed E-state index contributed by atoms with van der Waals surface area (Å²) in [5.41, 5.74) is 0.941. The molecule has 2 amide bonds. The maximum atomic E-state index is 13.1. The van der Waals surface area contributed by atoms with E-state index in [0.29, 0.717) is 28.0 Å². The van der Waals surface area contributed by atoms with Crippen LogP contribution in [0.15, 0.2) is 42.5 Å². The van der Waals surface area contributed by atoms with Gasteiger partial charge in [0.15, 0.2) is 0 Å². The molecule has 2 aromatic carbocycles. The predicted octanol–water partition coefficient (Wildman–Crippen LogP) is 4.06. The number of benzene rings is 2. The van der Waals surface area contributed by atoms with Gasteiger partial charge < -0.3 is 10.2 Å². The van der Waals surface area contributed by atoms with Crippen LogP contribution in [0.3, 0.4) is 0 Å². The van der Waals surface area contributed by atoms with Gasteiger partial charge in [0.25, 0.3) is 0 Å². The van der Waals surface area contributed by atoms with Crippen LogP contribution in [0.1, 0.15) is 6.92 Å². The molecule has 144 valence electrons. The zero-order chi connectivity index (χ0) is 20.0. The summed E-state index contributed by atoms with van der Waals surface area (Å²) in [5.74, 6) is -0.908. The highest BCUT2D eigenvalue weighted by Gasteiger charge is 2.18. The molecule has 0 heterocycles. The summed E-state index contributed by atoms with van der Waals surface area (Å²) < 4.78 is 13.1.